The number of thioether (sulfide) groups is 1. The predicted molar refractivity (Wildman–Crippen MR) is 123 cm³/mol. The van der Waals surface area contributed by atoms with Crippen molar-refractivity contribution in [2.75, 3.05) is 26.9 Å². The van der Waals surface area contributed by atoms with Crippen molar-refractivity contribution in [2.24, 2.45) is 5.92 Å². The summed E-state index contributed by atoms with van der Waals surface area (Å²) in [5.41, 5.74) is 1.85. The third-order valence-electron chi connectivity index (χ3n) is 4.50. The number of aryl methyl sites for hydroxylation is 1. The quantitative estimate of drug-likeness (QED) is 0.501. The number of nitrogens with zero attached hydrogens (tertiary/aromatic N) is 1. The number of carbonyl (C=O) groups excluding carboxylic acids is 2. The van der Waals surface area contributed by atoms with E-state index in [1.807, 2.05) is 43.3 Å². The van der Waals surface area contributed by atoms with Gasteiger partial charge in [-0.3, -0.25) is 14.5 Å². The van der Waals surface area contributed by atoms with Crippen LogP contribution in [0.1, 0.15) is 25.0 Å². The summed E-state index contributed by atoms with van der Waals surface area (Å²) in [7, 11) is 1.57. The van der Waals surface area contributed by atoms with Crippen LogP contribution in [0, 0.1) is 12.8 Å². The number of imide groups is 1. The van der Waals surface area contributed by atoms with Gasteiger partial charge in [0.15, 0.2) is 11.5 Å². The fourth-order valence-electron chi connectivity index (χ4n) is 2.95. The van der Waals surface area contributed by atoms with E-state index in [4.69, 9.17) is 14.2 Å². The zero-order valence-electron chi connectivity index (χ0n) is 18.2. The number of methoxy groups -OCH3 is 1. The first-order valence-electron chi connectivity index (χ1n) is 10.1. The average Bonchev–Trinajstić information content (AvgIpc) is 3.00. The molecule has 1 aliphatic rings. The second-order valence-corrected chi connectivity index (χ2v) is 8.61. The van der Waals surface area contributed by atoms with E-state index in [0.29, 0.717) is 28.9 Å². The molecule has 0 radical (unpaired) electrons. The Morgan fingerprint density at radius 1 is 1.06 bits per heavy atom. The number of hydrogen-bond donors (Lipinski definition) is 0. The van der Waals surface area contributed by atoms with Crippen LogP contribution in [0.15, 0.2) is 47.4 Å². The fraction of sp³-hybridized carbons (Fsp3) is 0.333. The Morgan fingerprint density at radius 3 is 2.58 bits per heavy atom. The van der Waals surface area contributed by atoms with E-state index in [-0.39, 0.29) is 24.3 Å². The number of carbonyl (C=O) groups is 2. The first kappa shape index (κ1) is 22.7. The molecule has 1 saturated heterocycles. The normalized spacial score (nSPS) is 15.1. The summed E-state index contributed by atoms with van der Waals surface area (Å²) in [6, 6.07) is 13.1. The third-order valence-corrected chi connectivity index (χ3v) is 5.41. The molecule has 1 heterocycles. The molecule has 1 aliphatic heterocycles. The van der Waals surface area contributed by atoms with Crippen LogP contribution in [0.25, 0.3) is 6.08 Å². The Hall–Kier alpha value is -2.93. The topological polar surface area (TPSA) is 65.1 Å². The van der Waals surface area contributed by atoms with E-state index in [0.717, 1.165) is 28.6 Å². The van der Waals surface area contributed by atoms with Crippen molar-refractivity contribution in [3.8, 4) is 17.2 Å². The smallest absolute Gasteiger partial charge is 0.293 e. The summed E-state index contributed by atoms with van der Waals surface area (Å²) in [6.45, 7) is 7.14. The van der Waals surface area contributed by atoms with Gasteiger partial charge in [-0.15, -0.1) is 0 Å². The predicted octanol–water partition coefficient (Wildman–Crippen LogP) is 5.15. The minimum atomic E-state index is -0.318. The molecule has 0 atom stereocenters. The minimum Gasteiger partial charge on any atom is -0.493 e. The average molecular weight is 442 g/mol. The number of benzene rings is 2. The Kier molecular flexibility index (Phi) is 7.63. The highest BCUT2D eigenvalue weighted by atomic mass is 32.2. The monoisotopic (exact) mass is 441 g/mol. The standard InChI is InChI=1S/C24H27NO5S/c1-16(2)15-30-20-9-8-18(13-21(20)28-4)14-22-23(26)25(24(27)31-22)10-11-29-19-7-5-6-17(3)12-19/h5-9,12-14,16H,10-11,15H2,1-4H3/b22-14-. The van der Waals surface area contributed by atoms with Crippen LogP contribution in [-0.2, 0) is 4.79 Å². The molecule has 7 heteroatoms. The highest BCUT2D eigenvalue weighted by Crippen LogP contribution is 2.34. The number of rotatable bonds is 9. The van der Waals surface area contributed by atoms with Crippen molar-refractivity contribution in [2.45, 2.75) is 20.8 Å². The zero-order chi connectivity index (χ0) is 22.4. The van der Waals surface area contributed by atoms with Crippen molar-refractivity contribution in [1.29, 1.82) is 0 Å². The van der Waals surface area contributed by atoms with Crippen molar-refractivity contribution in [1.82, 2.24) is 4.90 Å². The first-order valence-corrected chi connectivity index (χ1v) is 10.9. The molecule has 2 aromatic carbocycles. The second-order valence-electron chi connectivity index (χ2n) is 7.61. The van der Waals surface area contributed by atoms with Gasteiger partial charge in [0.1, 0.15) is 12.4 Å². The highest BCUT2D eigenvalue weighted by molar-refractivity contribution is 8.18. The highest BCUT2D eigenvalue weighted by Gasteiger charge is 2.34. The van der Waals surface area contributed by atoms with Crippen molar-refractivity contribution < 1.29 is 23.8 Å². The van der Waals surface area contributed by atoms with Gasteiger partial charge in [0, 0.05) is 0 Å². The lowest BCUT2D eigenvalue weighted by molar-refractivity contribution is -0.123. The molecular weight excluding hydrogens is 414 g/mol. The molecule has 6 nitrogen and oxygen atoms in total. The van der Waals surface area contributed by atoms with Crippen LogP contribution in [0.3, 0.4) is 0 Å². The SMILES string of the molecule is COc1cc(/C=C2\SC(=O)N(CCOc3cccc(C)c3)C2=O)ccc1OCC(C)C. The molecule has 0 aliphatic carbocycles. The van der Waals surface area contributed by atoms with Gasteiger partial charge >= 0.3 is 0 Å². The molecule has 0 unspecified atom stereocenters. The molecule has 2 amide bonds. The maximum atomic E-state index is 12.7. The largest absolute Gasteiger partial charge is 0.493 e. The lowest BCUT2D eigenvalue weighted by Crippen LogP contribution is -2.32. The van der Waals surface area contributed by atoms with Crippen LogP contribution in [0.5, 0.6) is 17.2 Å². The third kappa shape index (κ3) is 6.04. The van der Waals surface area contributed by atoms with Crippen molar-refractivity contribution in [3.05, 3.63) is 58.5 Å². The molecule has 0 saturated carbocycles. The molecule has 0 spiro atoms. The maximum Gasteiger partial charge on any atom is 0.293 e. The van der Waals surface area contributed by atoms with E-state index in [1.54, 1.807) is 19.3 Å². The molecular formula is C24H27NO5S. The molecule has 1 fully saturated rings. The van der Waals surface area contributed by atoms with E-state index in [2.05, 4.69) is 13.8 Å². The lowest BCUT2D eigenvalue weighted by Gasteiger charge is -2.13. The maximum absolute atomic E-state index is 12.7. The summed E-state index contributed by atoms with van der Waals surface area (Å²) >= 11 is 0.928. The Bertz CT molecular complexity index is 986. The number of amides is 2. The van der Waals surface area contributed by atoms with E-state index < -0.39 is 0 Å². The first-order chi connectivity index (χ1) is 14.9. The van der Waals surface area contributed by atoms with Crippen LogP contribution in [-0.4, -0.2) is 42.9 Å². The molecule has 31 heavy (non-hydrogen) atoms. The van der Waals surface area contributed by atoms with Crippen LogP contribution < -0.4 is 14.2 Å². The van der Waals surface area contributed by atoms with Gasteiger partial charge in [-0.2, -0.15) is 0 Å². The Morgan fingerprint density at radius 2 is 1.87 bits per heavy atom. The van der Waals surface area contributed by atoms with Gasteiger partial charge < -0.3 is 14.2 Å². The summed E-state index contributed by atoms with van der Waals surface area (Å²) in [6.07, 6.45) is 1.70. The van der Waals surface area contributed by atoms with E-state index in [9.17, 15) is 9.59 Å². The van der Waals surface area contributed by atoms with E-state index in [1.165, 1.54) is 4.90 Å². The summed E-state index contributed by atoms with van der Waals surface area (Å²) in [4.78, 5) is 26.6. The van der Waals surface area contributed by atoms with Crippen LogP contribution in [0.4, 0.5) is 4.79 Å². The van der Waals surface area contributed by atoms with Gasteiger partial charge in [0.2, 0.25) is 0 Å². The summed E-state index contributed by atoms with van der Waals surface area (Å²) < 4.78 is 16.9. The lowest BCUT2D eigenvalue weighted by atomic mass is 10.1. The zero-order valence-corrected chi connectivity index (χ0v) is 19.0. The molecule has 164 valence electrons. The van der Waals surface area contributed by atoms with E-state index >= 15 is 0 Å². The molecule has 0 bridgehead atoms. The Labute approximate surface area is 187 Å². The van der Waals surface area contributed by atoms with Gasteiger partial charge in [0.05, 0.1) is 25.2 Å². The van der Waals surface area contributed by atoms with Gasteiger partial charge in [-0.1, -0.05) is 32.0 Å². The van der Waals surface area contributed by atoms with Crippen molar-refractivity contribution >= 4 is 29.0 Å². The van der Waals surface area contributed by atoms with Gasteiger partial charge in [-0.05, 0) is 66.1 Å². The molecule has 3 rings (SSSR count). The fourth-order valence-corrected chi connectivity index (χ4v) is 3.82. The van der Waals surface area contributed by atoms with Crippen LogP contribution in [0.2, 0.25) is 0 Å². The van der Waals surface area contributed by atoms with Gasteiger partial charge in [-0.25, -0.2) is 0 Å². The Balaban J connectivity index is 1.65. The summed E-state index contributed by atoms with van der Waals surface area (Å²) in [5, 5.41) is -0.298. The van der Waals surface area contributed by atoms with Crippen molar-refractivity contribution in [3.63, 3.8) is 0 Å². The summed E-state index contributed by atoms with van der Waals surface area (Å²) in [5.74, 6) is 2.03. The number of ether oxygens (including phenoxy) is 3. The number of hydrogen-bond acceptors (Lipinski definition) is 6. The van der Waals surface area contributed by atoms with Gasteiger partial charge in [0.25, 0.3) is 11.1 Å². The minimum absolute atomic E-state index is 0.196. The molecule has 0 aromatic heterocycles. The van der Waals surface area contributed by atoms with Crippen LogP contribution >= 0.6 is 11.8 Å². The second kappa shape index (κ2) is 10.4. The molecule has 2 aromatic rings. The molecule has 0 N–H and O–H groups in total.